The van der Waals surface area contributed by atoms with Crippen molar-refractivity contribution in [3.8, 4) is 5.75 Å². The number of nitrogens with zero attached hydrogens (tertiary/aromatic N) is 1. The first-order valence-corrected chi connectivity index (χ1v) is 5.27. The van der Waals surface area contributed by atoms with Gasteiger partial charge in [-0.2, -0.15) is 0 Å². The van der Waals surface area contributed by atoms with Crippen molar-refractivity contribution in [1.29, 1.82) is 0 Å². The molecule has 0 saturated carbocycles. The van der Waals surface area contributed by atoms with E-state index in [0.717, 1.165) is 0 Å². The molecule has 0 aliphatic rings. The summed E-state index contributed by atoms with van der Waals surface area (Å²) < 4.78 is 18.5. The van der Waals surface area contributed by atoms with E-state index in [0.29, 0.717) is 17.0 Å². The monoisotopic (exact) mass is 213 g/mol. The quantitative estimate of drug-likeness (QED) is 0.747. The Kier molecular flexibility index (Phi) is 5.90. The lowest BCUT2D eigenvalue weighted by molar-refractivity contribution is 0.402. The normalized spacial score (nSPS) is 9.60. The molecule has 1 heterocycles. The molecule has 0 aromatic carbocycles. The zero-order valence-corrected chi connectivity index (χ0v) is 10.4. The highest BCUT2D eigenvalue weighted by molar-refractivity contribution is 5.33. The summed E-state index contributed by atoms with van der Waals surface area (Å²) in [7, 11) is 1.51. The second-order valence-corrected chi connectivity index (χ2v) is 3.31. The summed E-state index contributed by atoms with van der Waals surface area (Å²) >= 11 is 0. The van der Waals surface area contributed by atoms with Gasteiger partial charge in [0.15, 0.2) is 5.82 Å². The van der Waals surface area contributed by atoms with Gasteiger partial charge in [0, 0.05) is 5.56 Å². The average Bonchev–Trinajstić information content (AvgIpc) is 2.24. The van der Waals surface area contributed by atoms with Gasteiger partial charge in [-0.05, 0) is 12.8 Å². The van der Waals surface area contributed by atoms with Gasteiger partial charge in [-0.15, -0.1) is 0 Å². The molecule has 86 valence electrons. The number of methoxy groups -OCH3 is 1. The number of aromatic nitrogens is 1. The Bertz CT molecular complexity index is 311. The fourth-order valence-electron chi connectivity index (χ4n) is 1.19. The summed E-state index contributed by atoms with van der Waals surface area (Å²) in [5, 5.41) is 0. The highest BCUT2D eigenvalue weighted by atomic mass is 19.1. The van der Waals surface area contributed by atoms with Crippen LogP contribution in [0.15, 0.2) is 6.20 Å². The van der Waals surface area contributed by atoms with Crippen LogP contribution in [0.25, 0.3) is 0 Å². The first-order valence-electron chi connectivity index (χ1n) is 5.27. The molecule has 0 atom stereocenters. The van der Waals surface area contributed by atoms with Crippen LogP contribution in [0, 0.1) is 12.7 Å². The second kappa shape index (κ2) is 6.38. The number of hydrogen-bond donors (Lipinski definition) is 0. The largest absolute Gasteiger partial charge is 0.495 e. The highest BCUT2D eigenvalue weighted by Crippen LogP contribution is 2.24. The van der Waals surface area contributed by atoms with Crippen molar-refractivity contribution in [3.05, 3.63) is 23.3 Å². The Morgan fingerprint density at radius 2 is 1.87 bits per heavy atom. The number of hydrogen-bond acceptors (Lipinski definition) is 2. The third kappa shape index (κ3) is 3.18. The predicted molar refractivity (Wildman–Crippen MR) is 60.9 cm³/mol. The van der Waals surface area contributed by atoms with Crippen molar-refractivity contribution in [1.82, 2.24) is 4.98 Å². The molecule has 0 aliphatic heterocycles. The topological polar surface area (TPSA) is 22.1 Å². The van der Waals surface area contributed by atoms with E-state index in [1.165, 1.54) is 7.11 Å². The summed E-state index contributed by atoms with van der Waals surface area (Å²) in [5.74, 6) is 0.348. The Hall–Kier alpha value is -1.12. The van der Waals surface area contributed by atoms with Gasteiger partial charge in [-0.3, -0.25) is 4.98 Å². The SMILES string of the molecule is CC.COc1cnc(C(C)C)c(F)c1C. The third-order valence-corrected chi connectivity index (χ3v) is 2.01. The first kappa shape index (κ1) is 13.9. The van der Waals surface area contributed by atoms with Crippen molar-refractivity contribution in [3.63, 3.8) is 0 Å². The van der Waals surface area contributed by atoms with Crippen LogP contribution < -0.4 is 4.74 Å². The Labute approximate surface area is 91.5 Å². The standard InChI is InChI=1S/C10H14FNO.C2H6/c1-6(2)10-9(11)7(3)8(13-4)5-12-10;1-2/h5-6H,1-4H3;1-2H3. The van der Waals surface area contributed by atoms with Crippen LogP contribution >= 0.6 is 0 Å². The van der Waals surface area contributed by atoms with Crippen LogP contribution in [0.3, 0.4) is 0 Å². The maximum absolute atomic E-state index is 13.6. The molecule has 0 spiro atoms. The second-order valence-electron chi connectivity index (χ2n) is 3.31. The van der Waals surface area contributed by atoms with E-state index in [1.807, 2.05) is 27.7 Å². The number of rotatable bonds is 2. The third-order valence-electron chi connectivity index (χ3n) is 2.01. The smallest absolute Gasteiger partial charge is 0.151 e. The minimum atomic E-state index is -0.255. The number of pyridine rings is 1. The molecular formula is C12H20FNO. The van der Waals surface area contributed by atoms with Crippen molar-refractivity contribution in [2.45, 2.75) is 40.5 Å². The van der Waals surface area contributed by atoms with Gasteiger partial charge in [-0.1, -0.05) is 27.7 Å². The summed E-state index contributed by atoms with van der Waals surface area (Å²) in [4.78, 5) is 4.01. The van der Waals surface area contributed by atoms with Gasteiger partial charge in [0.1, 0.15) is 5.75 Å². The van der Waals surface area contributed by atoms with Gasteiger partial charge in [0.05, 0.1) is 19.0 Å². The lowest BCUT2D eigenvalue weighted by Crippen LogP contribution is -2.01. The van der Waals surface area contributed by atoms with Crippen LogP contribution in [0.1, 0.15) is 44.9 Å². The van der Waals surface area contributed by atoms with E-state index in [4.69, 9.17) is 4.74 Å². The van der Waals surface area contributed by atoms with E-state index < -0.39 is 0 Å². The molecule has 0 N–H and O–H groups in total. The van der Waals surface area contributed by atoms with E-state index in [1.54, 1.807) is 13.1 Å². The van der Waals surface area contributed by atoms with Gasteiger partial charge in [-0.25, -0.2) is 4.39 Å². The van der Waals surface area contributed by atoms with Crippen molar-refractivity contribution in [2.24, 2.45) is 0 Å². The lowest BCUT2D eigenvalue weighted by atomic mass is 10.1. The molecular weight excluding hydrogens is 193 g/mol. The predicted octanol–water partition coefficient (Wildman–Crippen LogP) is 3.69. The van der Waals surface area contributed by atoms with Crippen LogP contribution in [-0.2, 0) is 0 Å². The van der Waals surface area contributed by atoms with E-state index in [2.05, 4.69) is 4.98 Å². The fraction of sp³-hybridized carbons (Fsp3) is 0.583. The van der Waals surface area contributed by atoms with Crippen LogP contribution in [0.2, 0.25) is 0 Å². The molecule has 1 rings (SSSR count). The molecule has 0 amide bonds. The van der Waals surface area contributed by atoms with Gasteiger partial charge >= 0.3 is 0 Å². The summed E-state index contributed by atoms with van der Waals surface area (Å²) in [5.41, 5.74) is 1.03. The van der Waals surface area contributed by atoms with Gasteiger partial charge in [0.25, 0.3) is 0 Å². The van der Waals surface area contributed by atoms with Crippen molar-refractivity contribution in [2.75, 3.05) is 7.11 Å². The van der Waals surface area contributed by atoms with Crippen LogP contribution in [0.4, 0.5) is 4.39 Å². The molecule has 1 aromatic rings. The summed E-state index contributed by atoms with van der Waals surface area (Å²) in [6.45, 7) is 9.52. The fourth-order valence-corrected chi connectivity index (χ4v) is 1.19. The van der Waals surface area contributed by atoms with E-state index >= 15 is 0 Å². The van der Waals surface area contributed by atoms with Crippen molar-refractivity contribution < 1.29 is 9.13 Å². The van der Waals surface area contributed by atoms with Crippen LogP contribution in [0.5, 0.6) is 5.75 Å². The summed E-state index contributed by atoms with van der Waals surface area (Å²) in [6.07, 6.45) is 1.56. The molecule has 3 heteroatoms. The minimum Gasteiger partial charge on any atom is -0.495 e. The Morgan fingerprint density at radius 1 is 1.33 bits per heavy atom. The van der Waals surface area contributed by atoms with Crippen molar-refractivity contribution >= 4 is 0 Å². The lowest BCUT2D eigenvalue weighted by Gasteiger charge is -2.10. The first-order chi connectivity index (χ1) is 7.07. The highest BCUT2D eigenvalue weighted by Gasteiger charge is 2.13. The molecule has 0 unspecified atom stereocenters. The zero-order chi connectivity index (χ0) is 12.0. The number of halogens is 1. The number of ether oxygens (including phenoxy) is 1. The molecule has 1 aromatic heterocycles. The Balaban J connectivity index is 0.000000921. The van der Waals surface area contributed by atoms with Crippen LogP contribution in [-0.4, -0.2) is 12.1 Å². The summed E-state index contributed by atoms with van der Waals surface area (Å²) in [6, 6.07) is 0. The van der Waals surface area contributed by atoms with E-state index in [9.17, 15) is 4.39 Å². The molecule has 0 fully saturated rings. The minimum absolute atomic E-state index is 0.101. The Morgan fingerprint density at radius 3 is 2.27 bits per heavy atom. The van der Waals surface area contributed by atoms with Gasteiger partial charge in [0.2, 0.25) is 0 Å². The molecule has 0 bridgehead atoms. The van der Waals surface area contributed by atoms with Gasteiger partial charge < -0.3 is 4.74 Å². The average molecular weight is 213 g/mol. The zero-order valence-electron chi connectivity index (χ0n) is 10.4. The molecule has 0 aliphatic carbocycles. The molecule has 2 nitrogen and oxygen atoms in total. The molecule has 0 radical (unpaired) electrons. The maximum atomic E-state index is 13.6. The van der Waals surface area contributed by atoms with E-state index in [-0.39, 0.29) is 11.7 Å². The molecule has 0 saturated heterocycles. The molecule has 15 heavy (non-hydrogen) atoms. The maximum Gasteiger partial charge on any atom is 0.151 e.